The maximum atomic E-state index is 11.8. The summed E-state index contributed by atoms with van der Waals surface area (Å²) in [7, 11) is 0. The Labute approximate surface area is 114 Å². The molecule has 0 aliphatic carbocycles. The van der Waals surface area contributed by atoms with Gasteiger partial charge in [-0.05, 0) is 12.8 Å². The summed E-state index contributed by atoms with van der Waals surface area (Å²) in [5.74, 6) is 2.46. The van der Waals surface area contributed by atoms with Crippen LogP contribution in [0, 0.1) is 0 Å². The summed E-state index contributed by atoms with van der Waals surface area (Å²) in [6.07, 6.45) is 3.10. The Balaban J connectivity index is 1.46. The zero-order valence-electron chi connectivity index (χ0n) is 11.1. The summed E-state index contributed by atoms with van der Waals surface area (Å²) in [6.45, 7) is 6.97. The molecule has 0 atom stereocenters. The third-order valence-electron chi connectivity index (χ3n) is 3.57. The molecule has 18 heavy (non-hydrogen) atoms. The number of hydrogen-bond acceptors (Lipinski definition) is 4. The van der Waals surface area contributed by atoms with Crippen LogP contribution in [0.2, 0.25) is 0 Å². The normalized spacial score (nSPS) is 21.4. The number of carbonyl (C=O) groups excluding carboxylic acids is 1. The molecule has 0 saturated carbocycles. The largest absolute Gasteiger partial charge is 0.379 e. The Kier molecular flexibility index (Phi) is 6.31. The van der Waals surface area contributed by atoms with Gasteiger partial charge in [-0.2, -0.15) is 11.8 Å². The molecule has 104 valence electrons. The maximum absolute atomic E-state index is 11.8. The molecular weight excluding hydrogens is 248 g/mol. The SMILES string of the molecule is O=C(CCSCCN1CCOCC1)N1CCCC1. The van der Waals surface area contributed by atoms with Crippen molar-refractivity contribution in [2.75, 3.05) is 57.4 Å². The smallest absolute Gasteiger partial charge is 0.223 e. The highest BCUT2D eigenvalue weighted by atomic mass is 32.2. The number of thioether (sulfide) groups is 1. The Morgan fingerprint density at radius 2 is 1.78 bits per heavy atom. The van der Waals surface area contributed by atoms with Crippen LogP contribution in [0.5, 0.6) is 0 Å². The maximum Gasteiger partial charge on any atom is 0.223 e. The lowest BCUT2D eigenvalue weighted by atomic mass is 10.4. The fourth-order valence-corrected chi connectivity index (χ4v) is 3.31. The first-order valence-corrected chi connectivity index (χ1v) is 8.17. The molecule has 0 unspecified atom stereocenters. The number of likely N-dealkylation sites (tertiary alicyclic amines) is 1. The van der Waals surface area contributed by atoms with Gasteiger partial charge >= 0.3 is 0 Å². The van der Waals surface area contributed by atoms with Crippen molar-refractivity contribution < 1.29 is 9.53 Å². The molecule has 2 aliphatic heterocycles. The summed E-state index contributed by atoms with van der Waals surface area (Å²) < 4.78 is 5.32. The molecule has 2 rings (SSSR count). The van der Waals surface area contributed by atoms with Gasteiger partial charge in [0.25, 0.3) is 0 Å². The van der Waals surface area contributed by atoms with E-state index >= 15 is 0 Å². The van der Waals surface area contributed by atoms with Gasteiger partial charge in [-0.1, -0.05) is 0 Å². The fourth-order valence-electron chi connectivity index (χ4n) is 2.40. The van der Waals surface area contributed by atoms with Crippen LogP contribution in [0.4, 0.5) is 0 Å². The molecule has 0 aromatic carbocycles. The van der Waals surface area contributed by atoms with E-state index in [1.807, 2.05) is 16.7 Å². The predicted molar refractivity (Wildman–Crippen MR) is 75.0 cm³/mol. The highest BCUT2D eigenvalue weighted by Crippen LogP contribution is 2.11. The van der Waals surface area contributed by atoms with Gasteiger partial charge < -0.3 is 9.64 Å². The van der Waals surface area contributed by atoms with Crippen LogP contribution in [0.25, 0.3) is 0 Å². The van der Waals surface area contributed by atoms with Crippen molar-refractivity contribution in [2.24, 2.45) is 0 Å². The first kappa shape index (κ1) is 14.2. The number of hydrogen-bond donors (Lipinski definition) is 0. The van der Waals surface area contributed by atoms with E-state index in [0.29, 0.717) is 12.3 Å². The van der Waals surface area contributed by atoms with Gasteiger partial charge in [0.05, 0.1) is 13.2 Å². The minimum Gasteiger partial charge on any atom is -0.379 e. The van der Waals surface area contributed by atoms with Crippen LogP contribution in [0.1, 0.15) is 19.3 Å². The van der Waals surface area contributed by atoms with Crippen molar-refractivity contribution >= 4 is 17.7 Å². The quantitative estimate of drug-likeness (QED) is 0.677. The van der Waals surface area contributed by atoms with Crippen molar-refractivity contribution in [2.45, 2.75) is 19.3 Å². The van der Waals surface area contributed by atoms with E-state index in [-0.39, 0.29) is 0 Å². The lowest BCUT2D eigenvalue weighted by Crippen LogP contribution is -2.37. The zero-order chi connectivity index (χ0) is 12.6. The molecule has 1 amide bonds. The van der Waals surface area contributed by atoms with E-state index in [1.54, 1.807) is 0 Å². The number of ether oxygens (including phenoxy) is 1. The van der Waals surface area contributed by atoms with E-state index in [0.717, 1.165) is 57.4 Å². The molecule has 2 saturated heterocycles. The molecule has 2 aliphatic rings. The zero-order valence-corrected chi connectivity index (χ0v) is 11.9. The van der Waals surface area contributed by atoms with Crippen molar-refractivity contribution in [1.82, 2.24) is 9.80 Å². The van der Waals surface area contributed by atoms with Crippen molar-refractivity contribution in [3.8, 4) is 0 Å². The summed E-state index contributed by atoms with van der Waals surface area (Å²) in [5, 5.41) is 0. The summed E-state index contributed by atoms with van der Waals surface area (Å²) in [6, 6.07) is 0. The molecular formula is C13H24N2O2S. The molecule has 0 aromatic rings. The molecule has 0 radical (unpaired) electrons. The molecule has 2 heterocycles. The van der Waals surface area contributed by atoms with Crippen LogP contribution in [0.3, 0.4) is 0 Å². The Morgan fingerprint density at radius 1 is 1.06 bits per heavy atom. The van der Waals surface area contributed by atoms with Crippen molar-refractivity contribution in [1.29, 1.82) is 0 Å². The van der Waals surface area contributed by atoms with Gasteiger partial charge in [-0.15, -0.1) is 0 Å². The van der Waals surface area contributed by atoms with E-state index < -0.39 is 0 Å². The third-order valence-corrected chi connectivity index (χ3v) is 4.54. The third kappa shape index (κ3) is 4.78. The average Bonchev–Trinajstić information content (AvgIpc) is 2.93. The lowest BCUT2D eigenvalue weighted by Gasteiger charge is -2.26. The molecule has 0 aromatic heterocycles. The summed E-state index contributed by atoms with van der Waals surface area (Å²) in [4.78, 5) is 16.3. The minimum atomic E-state index is 0.353. The van der Waals surface area contributed by atoms with E-state index in [4.69, 9.17) is 4.74 Å². The summed E-state index contributed by atoms with van der Waals surface area (Å²) >= 11 is 1.90. The van der Waals surface area contributed by atoms with E-state index in [9.17, 15) is 4.79 Å². The second-order valence-electron chi connectivity index (χ2n) is 4.90. The molecule has 0 N–H and O–H groups in total. The van der Waals surface area contributed by atoms with Crippen molar-refractivity contribution in [3.05, 3.63) is 0 Å². The second kappa shape index (κ2) is 8.02. The van der Waals surface area contributed by atoms with Gasteiger partial charge in [-0.3, -0.25) is 9.69 Å². The first-order valence-electron chi connectivity index (χ1n) is 7.02. The monoisotopic (exact) mass is 272 g/mol. The molecule has 2 fully saturated rings. The van der Waals surface area contributed by atoms with Crippen molar-refractivity contribution in [3.63, 3.8) is 0 Å². The molecule has 0 spiro atoms. The number of rotatable bonds is 6. The van der Waals surface area contributed by atoms with Gasteiger partial charge in [0, 0.05) is 50.7 Å². The van der Waals surface area contributed by atoms with Crippen LogP contribution in [0.15, 0.2) is 0 Å². The van der Waals surface area contributed by atoms with Crippen LogP contribution < -0.4 is 0 Å². The average molecular weight is 272 g/mol. The number of amides is 1. The standard InChI is InChI=1S/C13H24N2O2S/c16-13(15-4-1-2-5-15)3-11-18-12-8-14-6-9-17-10-7-14/h1-12H2. The highest BCUT2D eigenvalue weighted by molar-refractivity contribution is 7.99. The fraction of sp³-hybridized carbons (Fsp3) is 0.923. The topological polar surface area (TPSA) is 32.8 Å². The van der Waals surface area contributed by atoms with Gasteiger partial charge in [0.1, 0.15) is 0 Å². The van der Waals surface area contributed by atoms with Crippen LogP contribution in [-0.4, -0.2) is 73.2 Å². The van der Waals surface area contributed by atoms with Gasteiger partial charge in [0.15, 0.2) is 0 Å². The van der Waals surface area contributed by atoms with Gasteiger partial charge in [-0.25, -0.2) is 0 Å². The minimum absolute atomic E-state index is 0.353. The summed E-state index contributed by atoms with van der Waals surface area (Å²) in [5.41, 5.74) is 0. The number of nitrogens with zero attached hydrogens (tertiary/aromatic N) is 2. The van der Waals surface area contributed by atoms with E-state index in [1.165, 1.54) is 12.8 Å². The Morgan fingerprint density at radius 3 is 2.50 bits per heavy atom. The first-order chi connectivity index (χ1) is 8.86. The lowest BCUT2D eigenvalue weighted by molar-refractivity contribution is -0.129. The van der Waals surface area contributed by atoms with Gasteiger partial charge in [0.2, 0.25) is 5.91 Å². The number of carbonyl (C=O) groups is 1. The molecule has 0 bridgehead atoms. The molecule has 4 nitrogen and oxygen atoms in total. The Bertz CT molecular complexity index is 251. The number of morpholine rings is 1. The van der Waals surface area contributed by atoms with E-state index in [2.05, 4.69) is 4.90 Å². The second-order valence-corrected chi connectivity index (χ2v) is 6.13. The van der Waals surface area contributed by atoms with Crippen LogP contribution >= 0.6 is 11.8 Å². The predicted octanol–water partition coefficient (Wildman–Crippen LogP) is 1.06. The molecule has 5 heteroatoms. The van der Waals surface area contributed by atoms with Crippen LogP contribution in [-0.2, 0) is 9.53 Å². The highest BCUT2D eigenvalue weighted by Gasteiger charge is 2.17. The Hall–Kier alpha value is -0.260.